The number of ether oxygens (including phenoxy) is 2. The van der Waals surface area contributed by atoms with Gasteiger partial charge in [-0.25, -0.2) is 9.18 Å². The van der Waals surface area contributed by atoms with Crippen LogP contribution in [0.1, 0.15) is 24.2 Å². The van der Waals surface area contributed by atoms with E-state index in [1.165, 1.54) is 6.07 Å². The first-order chi connectivity index (χ1) is 20.4. The third-order valence-electron chi connectivity index (χ3n) is 7.94. The van der Waals surface area contributed by atoms with Gasteiger partial charge in [-0.2, -0.15) is 13.1 Å². The van der Waals surface area contributed by atoms with Crippen LogP contribution in [0.5, 0.6) is 5.75 Å². The molecule has 3 amide bonds. The van der Waals surface area contributed by atoms with Crippen molar-refractivity contribution in [2.45, 2.75) is 51.3 Å². The van der Waals surface area contributed by atoms with Crippen LogP contribution in [0.2, 0.25) is 24.2 Å². The molecule has 2 saturated heterocycles. The van der Waals surface area contributed by atoms with Gasteiger partial charge in [0.25, 0.3) is 0 Å². The fraction of sp³-hybridized carbons (Fsp3) is 0.433. The zero-order valence-electron chi connectivity index (χ0n) is 24.4. The van der Waals surface area contributed by atoms with Gasteiger partial charge < -0.3 is 34.3 Å². The lowest BCUT2D eigenvalue weighted by atomic mass is 10.1. The number of aliphatic hydroxyl groups is 1. The van der Waals surface area contributed by atoms with Gasteiger partial charge in [0.1, 0.15) is 18.1 Å². The van der Waals surface area contributed by atoms with Gasteiger partial charge >= 0.3 is 6.09 Å². The second-order valence-corrected chi connectivity index (χ2v) is 17.3. The minimum Gasteiger partial charge on any atom is -0.410 e. The van der Waals surface area contributed by atoms with E-state index in [0.29, 0.717) is 60.7 Å². The number of morpholine rings is 1. The van der Waals surface area contributed by atoms with Gasteiger partial charge in [-0.1, -0.05) is 29.9 Å². The second-order valence-electron chi connectivity index (χ2n) is 11.9. The summed E-state index contributed by atoms with van der Waals surface area (Å²) in [5.41, 5.74) is 1.54. The Labute approximate surface area is 255 Å². The van der Waals surface area contributed by atoms with E-state index in [2.05, 4.69) is 18.4 Å². The fourth-order valence-corrected chi connectivity index (χ4v) is 8.82. The van der Waals surface area contributed by atoms with Gasteiger partial charge in [0.15, 0.2) is 0 Å². The molecule has 13 heteroatoms. The first-order valence-electron chi connectivity index (χ1n) is 14.3. The fourth-order valence-electron chi connectivity index (χ4n) is 5.73. The van der Waals surface area contributed by atoms with Crippen LogP contribution >= 0.6 is 11.6 Å². The van der Waals surface area contributed by atoms with Crippen molar-refractivity contribution in [1.29, 1.82) is 0 Å². The van der Waals surface area contributed by atoms with Crippen molar-refractivity contribution >= 4 is 48.5 Å². The number of fused-ring (bicyclic) bond motifs is 1. The van der Waals surface area contributed by atoms with Crippen molar-refractivity contribution in [3.63, 3.8) is 0 Å². The highest BCUT2D eigenvalue weighted by molar-refractivity contribution is 6.79. The lowest BCUT2D eigenvalue weighted by Gasteiger charge is -2.28. The molecular formula is C30H36ClFN4O6Si-. The number of aliphatic hydroxyl groups excluding tert-OH is 1. The van der Waals surface area contributed by atoms with Gasteiger partial charge in [0, 0.05) is 47.9 Å². The monoisotopic (exact) mass is 630 g/mol. The van der Waals surface area contributed by atoms with E-state index in [9.17, 15) is 23.9 Å². The van der Waals surface area contributed by atoms with Crippen molar-refractivity contribution in [3.8, 4) is 5.75 Å². The van der Waals surface area contributed by atoms with E-state index >= 15 is 0 Å². The molecule has 1 unspecified atom stereocenters. The molecule has 231 valence electrons. The average Bonchev–Trinajstić information content (AvgIpc) is 3.50. The number of aromatic nitrogens is 1. The van der Waals surface area contributed by atoms with Gasteiger partial charge in [-0.3, -0.25) is 9.59 Å². The molecule has 2 atom stereocenters. The molecule has 5 rings (SSSR count). The third-order valence-corrected chi connectivity index (χ3v) is 10.9. The Morgan fingerprint density at radius 2 is 1.95 bits per heavy atom. The highest BCUT2D eigenvalue weighted by atomic mass is 35.5. The number of halogens is 2. The molecule has 2 fully saturated rings. The van der Waals surface area contributed by atoms with Crippen LogP contribution in [-0.2, 0) is 27.4 Å². The number of benzene rings is 2. The van der Waals surface area contributed by atoms with Crippen LogP contribution in [-0.4, -0.2) is 84.0 Å². The summed E-state index contributed by atoms with van der Waals surface area (Å²) in [6.45, 7) is 7.62. The number of carbonyl (C=O) groups excluding carboxylic acids is 3. The summed E-state index contributed by atoms with van der Waals surface area (Å²) in [6.07, 6.45) is 0.919. The highest BCUT2D eigenvalue weighted by Gasteiger charge is 2.38. The largest absolute Gasteiger partial charge is 0.415 e. The smallest absolute Gasteiger partial charge is 0.410 e. The predicted octanol–water partition coefficient (Wildman–Crippen LogP) is 4.09. The molecule has 2 aliphatic heterocycles. The predicted molar refractivity (Wildman–Crippen MR) is 162 cm³/mol. The Kier molecular flexibility index (Phi) is 9.11. The number of hydrogen-bond acceptors (Lipinski definition) is 6. The van der Waals surface area contributed by atoms with Crippen LogP contribution in [0.25, 0.3) is 10.9 Å². The summed E-state index contributed by atoms with van der Waals surface area (Å²) < 4.78 is 27.0. The van der Waals surface area contributed by atoms with E-state index in [4.69, 9.17) is 21.1 Å². The van der Waals surface area contributed by atoms with E-state index in [1.807, 2.05) is 0 Å². The number of carbonyl (C=O) groups is 3. The summed E-state index contributed by atoms with van der Waals surface area (Å²) in [5, 5.41) is 13.9. The molecule has 0 aliphatic carbocycles. The first kappa shape index (κ1) is 31.0. The highest BCUT2D eigenvalue weighted by Crippen LogP contribution is 2.32. The van der Waals surface area contributed by atoms with E-state index in [1.54, 1.807) is 57.8 Å². The summed E-state index contributed by atoms with van der Waals surface area (Å²) in [4.78, 5) is 42.8. The zero-order valence-corrected chi connectivity index (χ0v) is 26.2. The van der Waals surface area contributed by atoms with Crippen LogP contribution in [0.15, 0.2) is 42.6 Å². The molecule has 2 N–H and O–H groups in total. The van der Waals surface area contributed by atoms with Crippen LogP contribution in [0, 0.1) is 5.82 Å². The van der Waals surface area contributed by atoms with Crippen molar-refractivity contribution in [2.75, 3.05) is 32.5 Å². The molecule has 2 aromatic carbocycles. The molecule has 43 heavy (non-hydrogen) atoms. The molecule has 1 aromatic heterocycles. The number of nitrogens with one attached hydrogen (secondary N) is 1. The molecule has 0 spiro atoms. The molecule has 3 heterocycles. The first-order valence-corrected chi connectivity index (χ1v) is 18.1. The minimum absolute atomic E-state index is 0.0177. The normalized spacial score (nSPS) is 19.0. The maximum absolute atomic E-state index is 14.4. The lowest BCUT2D eigenvalue weighted by molar-refractivity contribution is -0.138. The van der Waals surface area contributed by atoms with Crippen LogP contribution < -0.4 is 10.1 Å². The summed E-state index contributed by atoms with van der Waals surface area (Å²) in [6, 6.07) is 9.64. The molecule has 0 radical (unpaired) electrons. The lowest BCUT2D eigenvalue weighted by Crippen LogP contribution is -2.46. The Bertz CT molecular complexity index is 1540. The number of hydrogen-bond donors (Lipinski definition) is 2. The number of rotatable bonds is 7. The average molecular weight is 631 g/mol. The van der Waals surface area contributed by atoms with Gasteiger partial charge in [0.05, 0.1) is 30.4 Å². The zero-order chi connectivity index (χ0) is 30.9. The van der Waals surface area contributed by atoms with E-state index in [-0.39, 0.29) is 35.5 Å². The SMILES string of the molecule is CC(O)c1cn(CC(=O)N2C[Si-](C)(C)C[C@H]2C(=O)NCc2cccc(Cl)c2F)c2ccc(OC(=O)N3CCOCC3)cc12. The number of amides is 3. The van der Waals surface area contributed by atoms with Gasteiger partial charge in [-0.05, 0) is 31.2 Å². The van der Waals surface area contributed by atoms with E-state index in [0.717, 1.165) is 0 Å². The molecule has 0 saturated carbocycles. The minimum atomic E-state index is -1.90. The Morgan fingerprint density at radius 3 is 2.67 bits per heavy atom. The van der Waals surface area contributed by atoms with Crippen molar-refractivity contribution in [2.24, 2.45) is 0 Å². The van der Waals surface area contributed by atoms with Crippen LogP contribution in [0.4, 0.5) is 9.18 Å². The van der Waals surface area contributed by atoms with E-state index < -0.39 is 32.1 Å². The van der Waals surface area contributed by atoms with Gasteiger partial charge in [0.2, 0.25) is 11.8 Å². The number of nitrogens with zero attached hydrogens (tertiary/aromatic N) is 3. The van der Waals surface area contributed by atoms with Crippen LogP contribution in [0.3, 0.4) is 0 Å². The second kappa shape index (κ2) is 12.6. The molecule has 0 bridgehead atoms. The Morgan fingerprint density at radius 1 is 1.21 bits per heavy atom. The maximum Gasteiger partial charge on any atom is 0.415 e. The summed E-state index contributed by atoms with van der Waals surface area (Å²) in [5.74, 6) is -0.815. The third kappa shape index (κ3) is 6.87. The Balaban J connectivity index is 1.33. The summed E-state index contributed by atoms with van der Waals surface area (Å²) >= 11 is 5.88. The molecule has 10 nitrogen and oxygen atoms in total. The molecular weight excluding hydrogens is 595 g/mol. The molecule has 3 aromatic rings. The standard InChI is InChI=1S/C30H36ClFN4O6Si/c1-19(37)23-15-35(25-8-7-21(13-22(23)25)42-30(40)34-9-11-41-12-10-34)16-27(38)36-18-43(2,3)17-26(36)29(39)33-14-20-5-4-6-24(31)28(20)32/h4-8,13,15,19,26,37H,9-12,14,16-18H2,1-3H3,(H,33,39)/q-1/t19?,26-/m0/s1. The summed E-state index contributed by atoms with van der Waals surface area (Å²) in [7, 11) is -1.90. The van der Waals surface area contributed by atoms with Crippen molar-refractivity contribution in [3.05, 3.63) is 64.6 Å². The maximum atomic E-state index is 14.4. The van der Waals surface area contributed by atoms with Crippen molar-refractivity contribution in [1.82, 2.24) is 19.7 Å². The quantitative estimate of drug-likeness (QED) is 0.380. The van der Waals surface area contributed by atoms with Crippen molar-refractivity contribution < 1.29 is 33.4 Å². The molecule has 2 aliphatic rings. The van der Waals surface area contributed by atoms with Gasteiger partial charge in [-0.15, -0.1) is 14.1 Å². The topological polar surface area (TPSA) is 113 Å². The Hall–Kier alpha value is -3.45.